The first kappa shape index (κ1) is 19.0. The highest BCUT2D eigenvalue weighted by molar-refractivity contribution is 5.92. The minimum Gasteiger partial charge on any atom is -0.475 e. The molecule has 4 N–H and O–H groups in total. The minimum atomic E-state index is -0.321. The molecule has 9 nitrogen and oxygen atoms in total. The number of aromatic amines is 1. The fourth-order valence-electron chi connectivity index (χ4n) is 3.60. The van der Waals surface area contributed by atoms with Gasteiger partial charge in [0.1, 0.15) is 24.1 Å². The van der Waals surface area contributed by atoms with Crippen LogP contribution in [0.5, 0.6) is 5.88 Å². The average Bonchev–Trinajstić information content (AvgIpc) is 3.44. The molecule has 4 rings (SSSR count). The number of nitrogens with zero attached hydrogens (tertiary/aromatic N) is 4. The summed E-state index contributed by atoms with van der Waals surface area (Å²) in [7, 11) is 1.93. The fraction of sp³-hybridized carbons (Fsp3) is 0.400. The van der Waals surface area contributed by atoms with E-state index in [9.17, 15) is 10.1 Å². The number of anilines is 1. The Balaban J connectivity index is 1.94. The molecular weight excluding hydrogens is 370 g/mol. The van der Waals surface area contributed by atoms with Crippen molar-refractivity contribution in [3.05, 3.63) is 38.8 Å². The quantitative estimate of drug-likeness (QED) is 0.599. The van der Waals surface area contributed by atoms with Crippen molar-refractivity contribution in [2.45, 2.75) is 39.2 Å². The van der Waals surface area contributed by atoms with Crippen LogP contribution in [-0.4, -0.2) is 38.9 Å². The smallest absolute Gasteiger partial charge is 0.269 e. The van der Waals surface area contributed by atoms with Gasteiger partial charge < -0.3 is 15.8 Å². The zero-order chi connectivity index (χ0) is 20.9. The van der Waals surface area contributed by atoms with Crippen molar-refractivity contribution in [1.29, 1.82) is 5.26 Å². The third kappa shape index (κ3) is 2.93. The Bertz CT molecular complexity index is 1230. The van der Waals surface area contributed by atoms with Crippen molar-refractivity contribution in [3.63, 3.8) is 0 Å². The van der Waals surface area contributed by atoms with Gasteiger partial charge in [0.2, 0.25) is 5.88 Å². The second-order valence-corrected chi connectivity index (χ2v) is 7.62. The zero-order valence-corrected chi connectivity index (χ0v) is 16.9. The number of fused-ring (bicyclic) bond motifs is 1. The van der Waals surface area contributed by atoms with E-state index in [2.05, 4.69) is 21.6 Å². The maximum absolute atomic E-state index is 12.2. The molecule has 0 aromatic carbocycles. The standard InChI is InChI=1S/C20H23N7O2/c1-10-7-13-14(8-21)16(22)27(15-11(2)18(28)26-25-12(15)3)17(13)24-19(10)29-9-20(23-4)5-6-20/h7,23H,5-6,9,22H2,1-4H3,(H,26,28). The summed E-state index contributed by atoms with van der Waals surface area (Å²) in [5, 5.41) is 20.1. The normalized spacial score (nSPS) is 14.7. The van der Waals surface area contributed by atoms with Crippen LogP contribution < -0.4 is 21.3 Å². The lowest BCUT2D eigenvalue weighted by atomic mass is 10.2. The maximum Gasteiger partial charge on any atom is 0.269 e. The first-order chi connectivity index (χ1) is 13.8. The van der Waals surface area contributed by atoms with E-state index in [1.807, 2.05) is 20.0 Å². The lowest BCUT2D eigenvalue weighted by Gasteiger charge is -2.16. The molecule has 0 unspecified atom stereocenters. The molecule has 3 aromatic heterocycles. The number of H-pyrrole nitrogens is 1. The van der Waals surface area contributed by atoms with Gasteiger partial charge in [-0.1, -0.05) is 0 Å². The van der Waals surface area contributed by atoms with E-state index < -0.39 is 0 Å². The van der Waals surface area contributed by atoms with Gasteiger partial charge in [-0.15, -0.1) is 0 Å². The summed E-state index contributed by atoms with van der Waals surface area (Å²) in [6.45, 7) is 5.86. The maximum atomic E-state index is 12.2. The van der Waals surface area contributed by atoms with Crippen molar-refractivity contribution in [2.24, 2.45) is 0 Å². The van der Waals surface area contributed by atoms with Crippen LogP contribution in [-0.2, 0) is 0 Å². The summed E-state index contributed by atoms with van der Waals surface area (Å²) in [4.78, 5) is 16.9. The van der Waals surface area contributed by atoms with Crippen molar-refractivity contribution in [1.82, 2.24) is 25.1 Å². The number of nitrogens with one attached hydrogen (secondary N) is 2. The zero-order valence-electron chi connectivity index (χ0n) is 16.9. The van der Waals surface area contributed by atoms with E-state index in [-0.39, 0.29) is 16.9 Å². The van der Waals surface area contributed by atoms with Gasteiger partial charge >= 0.3 is 0 Å². The lowest BCUT2D eigenvalue weighted by Crippen LogP contribution is -2.34. The molecule has 0 amide bonds. The Morgan fingerprint density at radius 1 is 1.41 bits per heavy atom. The van der Waals surface area contributed by atoms with Crippen LogP contribution in [0, 0.1) is 32.1 Å². The van der Waals surface area contributed by atoms with Crippen LogP contribution in [0.15, 0.2) is 10.9 Å². The number of nitriles is 1. The van der Waals surface area contributed by atoms with E-state index in [0.29, 0.717) is 46.0 Å². The monoisotopic (exact) mass is 393 g/mol. The van der Waals surface area contributed by atoms with Gasteiger partial charge in [0.25, 0.3) is 5.56 Å². The Hall–Kier alpha value is -3.38. The number of rotatable bonds is 5. The average molecular weight is 393 g/mol. The second-order valence-electron chi connectivity index (χ2n) is 7.62. The summed E-state index contributed by atoms with van der Waals surface area (Å²) in [5.41, 5.74) is 9.16. The molecule has 1 fully saturated rings. The molecule has 0 radical (unpaired) electrons. The van der Waals surface area contributed by atoms with Gasteiger partial charge in [-0.25, -0.2) is 5.10 Å². The third-order valence-corrected chi connectivity index (χ3v) is 5.69. The summed E-state index contributed by atoms with van der Waals surface area (Å²) in [6.07, 6.45) is 2.12. The minimum absolute atomic E-state index is 0.00569. The number of nitrogens with two attached hydrogens (primary N) is 1. The molecule has 3 heterocycles. The number of hydrogen-bond acceptors (Lipinski definition) is 7. The Kier molecular flexibility index (Phi) is 4.31. The van der Waals surface area contributed by atoms with Gasteiger partial charge in [-0.05, 0) is 46.7 Å². The molecular formula is C20H23N7O2. The van der Waals surface area contributed by atoms with Crippen molar-refractivity contribution in [3.8, 4) is 17.6 Å². The molecule has 1 saturated carbocycles. The van der Waals surface area contributed by atoms with E-state index in [1.165, 1.54) is 0 Å². The van der Waals surface area contributed by atoms with Crippen molar-refractivity contribution >= 4 is 16.9 Å². The SMILES string of the molecule is CNC1(COc2nc3c(cc2C)c(C#N)c(N)n3-c2c(C)n[nH]c(=O)c2C)CC1. The van der Waals surface area contributed by atoms with E-state index in [0.717, 1.165) is 18.4 Å². The second kappa shape index (κ2) is 6.60. The number of aryl methyl sites for hydroxylation is 2. The van der Waals surface area contributed by atoms with Gasteiger partial charge in [0, 0.05) is 16.5 Å². The number of nitrogen functional groups attached to an aromatic ring is 1. The van der Waals surface area contributed by atoms with Gasteiger partial charge in [-0.3, -0.25) is 9.36 Å². The Morgan fingerprint density at radius 3 is 2.76 bits per heavy atom. The van der Waals surface area contributed by atoms with E-state index >= 15 is 0 Å². The highest BCUT2D eigenvalue weighted by Crippen LogP contribution is 2.37. The molecule has 0 spiro atoms. The number of hydrogen-bond donors (Lipinski definition) is 3. The van der Waals surface area contributed by atoms with Gasteiger partial charge in [0.15, 0.2) is 5.65 Å². The molecule has 9 heteroatoms. The first-order valence-corrected chi connectivity index (χ1v) is 9.41. The van der Waals surface area contributed by atoms with E-state index in [4.69, 9.17) is 15.5 Å². The summed E-state index contributed by atoms with van der Waals surface area (Å²) in [5.74, 6) is 0.703. The lowest BCUT2D eigenvalue weighted by molar-refractivity contribution is 0.250. The molecule has 0 saturated heterocycles. The molecule has 29 heavy (non-hydrogen) atoms. The van der Waals surface area contributed by atoms with Crippen LogP contribution in [0.3, 0.4) is 0 Å². The van der Waals surface area contributed by atoms with Crippen LogP contribution in [0.2, 0.25) is 0 Å². The topological polar surface area (TPSA) is 135 Å². The van der Waals surface area contributed by atoms with Gasteiger partial charge in [0.05, 0.1) is 16.9 Å². The number of ether oxygens (including phenoxy) is 1. The summed E-state index contributed by atoms with van der Waals surface area (Å²) in [6, 6.07) is 4.02. The predicted molar refractivity (Wildman–Crippen MR) is 109 cm³/mol. The van der Waals surface area contributed by atoms with Crippen LogP contribution in [0.25, 0.3) is 16.7 Å². The van der Waals surface area contributed by atoms with Crippen LogP contribution in [0.1, 0.15) is 35.2 Å². The molecule has 0 atom stereocenters. The number of likely N-dealkylation sites (N-methyl/N-ethyl adjacent to an activating group) is 1. The largest absolute Gasteiger partial charge is 0.475 e. The Morgan fingerprint density at radius 2 is 2.14 bits per heavy atom. The highest BCUT2D eigenvalue weighted by Gasteiger charge is 2.42. The molecule has 3 aromatic rings. The third-order valence-electron chi connectivity index (χ3n) is 5.69. The molecule has 0 bridgehead atoms. The van der Waals surface area contributed by atoms with Crippen LogP contribution >= 0.6 is 0 Å². The molecule has 150 valence electrons. The predicted octanol–water partition coefficient (Wildman–Crippen LogP) is 1.62. The van der Waals surface area contributed by atoms with Crippen LogP contribution in [0.4, 0.5) is 5.82 Å². The van der Waals surface area contributed by atoms with E-state index in [1.54, 1.807) is 18.4 Å². The van der Waals surface area contributed by atoms with Crippen molar-refractivity contribution in [2.75, 3.05) is 19.4 Å². The fourth-order valence-corrected chi connectivity index (χ4v) is 3.60. The van der Waals surface area contributed by atoms with Gasteiger partial charge in [-0.2, -0.15) is 15.3 Å². The molecule has 0 aliphatic heterocycles. The first-order valence-electron chi connectivity index (χ1n) is 9.41. The number of pyridine rings is 1. The molecule has 1 aliphatic carbocycles. The van der Waals surface area contributed by atoms with Crippen molar-refractivity contribution < 1.29 is 4.74 Å². The molecule has 1 aliphatic rings. The highest BCUT2D eigenvalue weighted by atomic mass is 16.5. The summed E-state index contributed by atoms with van der Waals surface area (Å²) >= 11 is 0. The summed E-state index contributed by atoms with van der Waals surface area (Å²) < 4.78 is 7.65. The number of aromatic nitrogens is 4. The Labute approximate surface area is 167 Å².